The minimum Gasteiger partial charge on any atom is -0.436 e. The van der Waals surface area contributed by atoms with E-state index in [1.165, 1.54) is 20.4 Å². The number of aromatic nitrogens is 3. The molecule has 1 aliphatic heterocycles. The van der Waals surface area contributed by atoms with E-state index >= 15 is 0 Å². The van der Waals surface area contributed by atoms with Gasteiger partial charge in [-0.15, -0.1) is 0 Å². The Bertz CT molecular complexity index is 1480. The molecule has 0 fully saturated rings. The molecule has 1 unspecified atom stereocenters. The Morgan fingerprint density at radius 2 is 1.84 bits per heavy atom. The molecule has 5 rings (SSSR count). The Balaban J connectivity index is 1.93. The van der Waals surface area contributed by atoms with Gasteiger partial charge in [0.25, 0.3) is 5.56 Å². The molecular weight excluding hydrogens is 416 g/mol. The van der Waals surface area contributed by atoms with Crippen LogP contribution in [0.3, 0.4) is 0 Å². The van der Waals surface area contributed by atoms with Crippen LogP contribution in [0.1, 0.15) is 22.6 Å². The maximum Gasteiger partial charge on any atom is 0.258 e. The summed E-state index contributed by atoms with van der Waals surface area (Å²) in [5, 5.41) is 0.440. The smallest absolute Gasteiger partial charge is 0.258 e. The van der Waals surface area contributed by atoms with Gasteiger partial charge in [0.15, 0.2) is 5.75 Å². The monoisotopic (exact) mass is 434 g/mol. The van der Waals surface area contributed by atoms with E-state index in [9.17, 15) is 13.2 Å². The maximum atomic E-state index is 13.2. The average Bonchev–Trinajstić information content (AvgIpc) is 2.78. The van der Waals surface area contributed by atoms with Crippen molar-refractivity contribution in [1.82, 2.24) is 19.3 Å². The van der Waals surface area contributed by atoms with Crippen LogP contribution in [0.2, 0.25) is 0 Å². The standard InChI is InChI=1S/C22H18N4O4S/c1-26(2)31(28,29)16-11-15-17(13-7-4-3-5-8-13)18-21(27)24-12-25-22(18)30-20(15)19-14(16)9-6-10-23-19/h3-12,17H,1-2H3,(H,24,25,27). The maximum absolute atomic E-state index is 13.2. The number of nitrogens with zero attached hydrogens (tertiary/aromatic N) is 3. The molecular formula is C22H18N4O4S. The minimum absolute atomic E-state index is 0.104. The second-order valence-corrected chi connectivity index (χ2v) is 9.50. The lowest BCUT2D eigenvalue weighted by atomic mass is 9.83. The molecule has 0 saturated carbocycles. The average molecular weight is 434 g/mol. The van der Waals surface area contributed by atoms with E-state index in [2.05, 4.69) is 15.0 Å². The first-order valence-electron chi connectivity index (χ1n) is 9.54. The number of nitrogens with one attached hydrogen (secondary N) is 1. The van der Waals surface area contributed by atoms with E-state index in [-0.39, 0.29) is 16.3 Å². The first-order valence-corrected chi connectivity index (χ1v) is 11.0. The highest BCUT2D eigenvalue weighted by Crippen LogP contribution is 2.48. The van der Waals surface area contributed by atoms with Crippen molar-refractivity contribution in [2.45, 2.75) is 10.8 Å². The Kier molecular flexibility index (Phi) is 4.38. The van der Waals surface area contributed by atoms with Crippen LogP contribution in [0.4, 0.5) is 0 Å². The molecule has 31 heavy (non-hydrogen) atoms. The summed E-state index contributed by atoms with van der Waals surface area (Å²) in [5.41, 5.74) is 1.74. The number of hydrogen-bond donors (Lipinski definition) is 1. The van der Waals surface area contributed by atoms with Crippen LogP contribution in [0.15, 0.2) is 70.7 Å². The molecule has 4 aromatic rings. The number of benzene rings is 2. The number of fused-ring (bicyclic) bond motifs is 4. The Labute approximate surface area is 178 Å². The summed E-state index contributed by atoms with van der Waals surface area (Å²) in [6.07, 6.45) is 2.87. The van der Waals surface area contributed by atoms with Crippen LogP contribution in [-0.4, -0.2) is 41.8 Å². The molecule has 1 N–H and O–H groups in total. The molecule has 2 aromatic carbocycles. The highest BCUT2D eigenvalue weighted by atomic mass is 32.2. The van der Waals surface area contributed by atoms with E-state index < -0.39 is 15.9 Å². The van der Waals surface area contributed by atoms with Crippen molar-refractivity contribution < 1.29 is 13.2 Å². The zero-order valence-electron chi connectivity index (χ0n) is 16.7. The molecule has 0 radical (unpaired) electrons. The summed E-state index contributed by atoms with van der Waals surface area (Å²) >= 11 is 0. The SMILES string of the molecule is CN(C)S(=O)(=O)c1cc2c(c3ncccc13)Oc1nc[nH]c(=O)c1C2c1ccccc1. The van der Waals surface area contributed by atoms with Crippen molar-refractivity contribution in [3.63, 3.8) is 0 Å². The van der Waals surface area contributed by atoms with Crippen LogP contribution < -0.4 is 10.3 Å². The second kappa shape index (κ2) is 7.00. The molecule has 1 atom stereocenters. The number of aromatic amines is 1. The van der Waals surface area contributed by atoms with Crippen LogP contribution >= 0.6 is 0 Å². The van der Waals surface area contributed by atoms with Crippen molar-refractivity contribution >= 4 is 20.9 Å². The Morgan fingerprint density at radius 1 is 1.06 bits per heavy atom. The summed E-state index contributed by atoms with van der Waals surface area (Å²) in [4.78, 5) is 24.2. The molecule has 156 valence electrons. The summed E-state index contributed by atoms with van der Waals surface area (Å²) in [7, 11) is -0.837. The second-order valence-electron chi connectivity index (χ2n) is 7.38. The third kappa shape index (κ3) is 2.93. The first kappa shape index (κ1) is 19.4. The molecule has 1 aliphatic rings. The van der Waals surface area contributed by atoms with E-state index in [0.29, 0.717) is 27.8 Å². The van der Waals surface area contributed by atoms with Gasteiger partial charge in [-0.25, -0.2) is 17.7 Å². The number of H-pyrrole nitrogens is 1. The third-order valence-electron chi connectivity index (χ3n) is 5.38. The number of sulfonamides is 1. The van der Waals surface area contributed by atoms with E-state index in [4.69, 9.17) is 4.74 Å². The van der Waals surface area contributed by atoms with Crippen molar-refractivity contribution in [3.8, 4) is 11.6 Å². The number of pyridine rings is 1. The van der Waals surface area contributed by atoms with Crippen molar-refractivity contribution in [1.29, 1.82) is 0 Å². The van der Waals surface area contributed by atoms with Crippen molar-refractivity contribution in [2.75, 3.05) is 14.1 Å². The van der Waals surface area contributed by atoms with Crippen LogP contribution in [-0.2, 0) is 10.0 Å². The largest absolute Gasteiger partial charge is 0.436 e. The number of ether oxygens (including phenoxy) is 1. The van der Waals surface area contributed by atoms with Crippen molar-refractivity contribution in [2.24, 2.45) is 0 Å². The van der Waals surface area contributed by atoms with Gasteiger partial charge in [-0.2, -0.15) is 0 Å². The van der Waals surface area contributed by atoms with Gasteiger partial charge in [0, 0.05) is 37.2 Å². The predicted octanol–water partition coefficient (Wildman–Crippen LogP) is 2.85. The summed E-state index contributed by atoms with van der Waals surface area (Å²) in [5.74, 6) is 0.00736. The summed E-state index contributed by atoms with van der Waals surface area (Å²) in [6.45, 7) is 0. The fourth-order valence-electron chi connectivity index (χ4n) is 3.91. The molecule has 0 spiro atoms. The molecule has 2 aromatic heterocycles. The van der Waals surface area contributed by atoms with Gasteiger partial charge in [-0.1, -0.05) is 30.3 Å². The zero-order chi connectivity index (χ0) is 21.8. The quantitative estimate of drug-likeness (QED) is 0.468. The van der Waals surface area contributed by atoms with E-state index in [1.54, 1.807) is 24.4 Å². The fourth-order valence-corrected chi connectivity index (χ4v) is 5.02. The molecule has 0 amide bonds. The lowest BCUT2D eigenvalue weighted by molar-refractivity contribution is 0.433. The van der Waals surface area contributed by atoms with Gasteiger partial charge in [0.2, 0.25) is 15.9 Å². The van der Waals surface area contributed by atoms with Crippen LogP contribution in [0.25, 0.3) is 10.9 Å². The van der Waals surface area contributed by atoms with Crippen LogP contribution in [0, 0.1) is 0 Å². The zero-order valence-corrected chi connectivity index (χ0v) is 17.6. The number of rotatable bonds is 3. The van der Waals surface area contributed by atoms with Gasteiger partial charge in [-0.05, 0) is 23.8 Å². The van der Waals surface area contributed by atoms with Gasteiger partial charge in [0.1, 0.15) is 5.52 Å². The lowest BCUT2D eigenvalue weighted by Gasteiger charge is -2.28. The van der Waals surface area contributed by atoms with Gasteiger partial charge >= 0.3 is 0 Å². The summed E-state index contributed by atoms with van der Waals surface area (Å²) in [6, 6.07) is 14.3. The fraction of sp³-hybridized carbons (Fsp3) is 0.136. The van der Waals surface area contributed by atoms with Crippen LogP contribution in [0.5, 0.6) is 11.6 Å². The first-order chi connectivity index (χ1) is 14.9. The number of hydrogen-bond acceptors (Lipinski definition) is 6. The van der Waals surface area contributed by atoms with Gasteiger partial charge in [0.05, 0.1) is 16.8 Å². The van der Waals surface area contributed by atoms with Gasteiger partial charge < -0.3 is 9.72 Å². The molecule has 9 heteroatoms. The third-order valence-corrected chi connectivity index (χ3v) is 7.23. The predicted molar refractivity (Wildman–Crippen MR) is 115 cm³/mol. The molecule has 3 heterocycles. The van der Waals surface area contributed by atoms with E-state index in [0.717, 1.165) is 9.87 Å². The molecule has 0 bridgehead atoms. The Hall–Kier alpha value is -3.56. The topological polar surface area (TPSA) is 105 Å². The molecule has 0 aliphatic carbocycles. The highest BCUT2D eigenvalue weighted by molar-refractivity contribution is 7.89. The highest BCUT2D eigenvalue weighted by Gasteiger charge is 2.36. The van der Waals surface area contributed by atoms with E-state index in [1.807, 2.05) is 30.3 Å². The van der Waals surface area contributed by atoms with Gasteiger partial charge in [-0.3, -0.25) is 9.78 Å². The van der Waals surface area contributed by atoms with Crippen molar-refractivity contribution in [3.05, 3.63) is 88.1 Å². The summed E-state index contributed by atoms with van der Waals surface area (Å²) < 4.78 is 33.5. The normalized spacial score (nSPS) is 15.4. The lowest BCUT2D eigenvalue weighted by Crippen LogP contribution is -2.26. The minimum atomic E-state index is -3.79. The Morgan fingerprint density at radius 3 is 2.58 bits per heavy atom. The molecule has 8 nitrogen and oxygen atoms in total. The molecule has 0 saturated heterocycles.